The molecule has 0 radical (unpaired) electrons. The molecule has 0 amide bonds. The average molecular weight is 466 g/mol. The number of nitrogens with zero attached hydrogens (tertiary/aromatic N) is 3. The molecule has 5 rings (SSSR count). The van der Waals surface area contributed by atoms with Crippen molar-refractivity contribution in [3.63, 3.8) is 0 Å². The molecule has 5 aromatic rings. The molecular weight excluding hydrogens is 453 g/mol. The van der Waals surface area contributed by atoms with E-state index in [-0.39, 0.29) is 5.56 Å². The summed E-state index contributed by atoms with van der Waals surface area (Å²) in [6.07, 6.45) is 5.37. The minimum absolute atomic E-state index is 0.241. The molecule has 0 spiro atoms. The fourth-order valence-electron chi connectivity index (χ4n) is 3.05. The van der Waals surface area contributed by atoms with Gasteiger partial charge in [-0.25, -0.2) is 0 Å². The van der Waals surface area contributed by atoms with Gasteiger partial charge in [-0.15, -0.1) is 5.10 Å². The van der Waals surface area contributed by atoms with Gasteiger partial charge in [0.1, 0.15) is 16.1 Å². The number of benzene rings is 2. The minimum atomic E-state index is -0.241. The molecule has 0 atom stereocenters. The van der Waals surface area contributed by atoms with E-state index in [1.54, 1.807) is 42.5 Å². The second-order valence-electron chi connectivity index (χ2n) is 6.65. The van der Waals surface area contributed by atoms with Crippen molar-refractivity contribution in [3.05, 3.63) is 103 Å². The molecule has 0 bridgehead atoms. The Bertz CT molecular complexity index is 1530. The SMILES string of the molecule is O=c1/c(=C/c2ccc(-c3ccc(Cl)cc3Cl)o2)sc2nc(/C=C/c3ccccc3)nn12. The molecule has 0 aliphatic heterocycles. The van der Waals surface area contributed by atoms with Gasteiger partial charge in [-0.05, 0) is 42.0 Å². The highest BCUT2D eigenvalue weighted by Gasteiger charge is 2.11. The maximum Gasteiger partial charge on any atom is 0.291 e. The van der Waals surface area contributed by atoms with E-state index >= 15 is 0 Å². The van der Waals surface area contributed by atoms with Crippen LogP contribution in [0.1, 0.15) is 17.1 Å². The maximum absolute atomic E-state index is 12.7. The van der Waals surface area contributed by atoms with E-state index in [4.69, 9.17) is 27.6 Å². The highest BCUT2D eigenvalue weighted by molar-refractivity contribution is 7.15. The largest absolute Gasteiger partial charge is 0.457 e. The van der Waals surface area contributed by atoms with Crippen LogP contribution in [0.4, 0.5) is 0 Å². The molecule has 3 aromatic heterocycles. The fraction of sp³-hybridized carbons (Fsp3) is 0. The van der Waals surface area contributed by atoms with Crippen LogP contribution >= 0.6 is 34.5 Å². The first-order valence-electron chi connectivity index (χ1n) is 9.26. The van der Waals surface area contributed by atoms with E-state index in [0.29, 0.717) is 36.9 Å². The highest BCUT2D eigenvalue weighted by atomic mass is 35.5. The molecule has 3 heterocycles. The first-order chi connectivity index (χ1) is 15.1. The van der Waals surface area contributed by atoms with E-state index in [1.807, 2.05) is 36.4 Å². The summed E-state index contributed by atoms with van der Waals surface area (Å²) in [7, 11) is 0. The van der Waals surface area contributed by atoms with Crippen LogP contribution in [0.25, 0.3) is 34.5 Å². The molecule has 0 saturated carbocycles. The lowest BCUT2D eigenvalue weighted by Gasteiger charge is -2.00. The van der Waals surface area contributed by atoms with E-state index in [0.717, 1.165) is 11.1 Å². The Labute approximate surface area is 190 Å². The fourth-order valence-corrected chi connectivity index (χ4v) is 4.44. The predicted molar refractivity (Wildman–Crippen MR) is 125 cm³/mol. The van der Waals surface area contributed by atoms with Gasteiger partial charge < -0.3 is 4.42 Å². The molecule has 0 fully saturated rings. The summed E-state index contributed by atoms with van der Waals surface area (Å²) in [5.41, 5.74) is 1.52. The van der Waals surface area contributed by atoms with E-state index in [1.165, 1.54) is 15.9 Å². The smallest absolute Gasteiger partial charge is 0.291 e. The number of aromatic nitrogens is 3. The third-order valence-corrected chi connectivity index (χ3v) is 6.03. The molecule has 5 nitrogen and oxygen atoms in total. The number of rotatable bonds is 4. The van der Waals surface area contributed by atoms with Crippen molar-refractivity contribution in [1.29, 1.82) is 0 Å². The van der Waals surface area contributed by atoms with E-state index in [2.05, 4.69) is 10.1 Å². The van der Waals surface area contributed by atoms with Crippen molar-refractivity contribution >= 4 is 57.7 Å². The van der Waals surface area contributed by atoms with Crippen LogP contribution in [-0.2, 0) is 0 Å². The number of hydrogen-bond donors (Lipinski definition) is 0. The Morgan fingerprint density at radius 2 is 1.84 bits per heavy atom. The zero-order chi connectivity index (χ0) is 21.4. The third-order valence-electron chi connectivity index (χ3n) is 4.52. The topological polar surface area (TPSA) is 60.4 Å². The molecule has 0 unspecified atom stereocenters. The van der Waals surface area contributed by atoms with Gasteiger partial charge in [-0.3, -0.25) is 4.79 Å². The van der Waals surface area contributed by atoms with Crippen LogP contribution in [0.5, 0.6) is 0 Å². The minimum Gasteiger partial charge on any atom is -0.457 e. The molecule has 0 aliphatic carbocycles. The predicted octanol–water partition coefficient (Wildman–Crippen LogP) is 5.44. The van der Waals surface area contributed by atoms with Gasteiger partial charge in [0, 0.05) is 16.7 Å². The van der Waals surface area contributed by atoms with Crippen molar-refractivity contribution in [1.82, 2.24) is 14.6 Å². The van der Waals surface area contributed by atoms with Crippen molar-refractivity contribution < 1.29 is 4.42 Å². The summed E-state index contributed by atoms with van der Waals surface area (Å²) in [5, 5.41) is 5.34. The molecule has 2 aromatic carbocycles. The van der Waals surface area contributed by atoms with Crippen LogP contribution < -0.4 is 10.1 Å². The second-order valence-corrected chi connectivity index (χ2v) is 8.50. The Morgan fingerprint density at radius 3 is 2.61 bits per heavy atom. The van der Waals surface area contributed by atoms with Crippen molar-refractivity contribution in [3.8, 4) is 11.3 Å². The second kappa shape index (κ2) is 8.15. The lowest BCUT2D eigenvalue weighted by Crippen LogP contribution is -2.23. The summed E-state index contributed by atoms with van der Waals surface area (Å²) in [6.45, 7) is 0. The number of furan rings is 1. The van der Waals surface area contributed by atoms with E-state index in [9.17, 15) is 4.79 Å². The van der Waals surface area contributed by atoms with Gasteiger partial charge in [0.25, 0.3) is 5.56 Å². The number of halogens is 2. The van der Waals surface area contributed by atoms with E-state index < -0.39 is 0 Å². The van der Waals surface area contributed by atoms with Crippen LogP contribution in [-0.4, -0.2) is 14.6 Å². The Balaban J connectivity index is 1.45. The summed E-state index contributed by atoms with van der Waals surface area (Å²) < 4.78 is 7.65. The first kappa shape index (κ1) is 19.8. The molecule has 31 heavy (non-hydrogen) atoms. The summed E-state index contributed by atoms with van der Waals surface area (Å²) in [5.74, 6) is 1.61. The molecule has 8 heteroatoms. The Kier molecular flexibility index (Phi) is 5.19. The monoisotopic (exact) mass is 465 g/mol. The third kappa shape index (κ3) is 4.05. The first-order valence-corrected chi connectivity index (χ1v) is 10.8. The molecule has 152 valence electrons. The Morgan fingerprint density at radius 1 is 1.00 bits per heavy atom. The highest BCUT2D eigenvalue weighted by Crippen LogP contribution is 2.31. The van der Waals surface area contributed by atoms with Gasteiger partial charge >= 0.3 is 0 Å². The number of thiazole rings is 1. The quantitative estimate of drug-likeness (QED) is 0.354. The van der Waals surface area contributed by atoms with Gasteiger partial charge in [0.2, 0.25) is 4.96 Å². The van der Waals surface area contributed by atoms with Gasteiger partial charge in [0.05, 0.1) is 5.02 Å². The molecule has 0 saturated heterocycles. The standard InChI is InChI=1S/C23H13Cl2N3O2S/c24-15-7-9-17(18(25)12-15)19-10-8-16(30-19)13-20-22(29)28-23(31-20)26-21(27-28)11-6-14-4-2-1-3-5-14/h1-13H/b11-6+,20-13-. The number of hydrogen-bond acceptors (Lipinski definition) is 5. The van der Waals surface area contributed by atoms with Crippen LogP contribution in [0.2, 0.25) is 10.0 Å². The van der Waals surface area contributed by atoms with Gasteiger partial charge in [-0.2, -0.15) is 9.50 Å². The molecule has 0 N–H and O–H groups in total. The number of fused-ring (bicyclic) bond motifs is 1. The average Bonchev–Trinajstić information content (AvgIpc) is 3.45. The van der Waals surface area contributed by atoms with Crippen molar-refractivity contribution in [2.45, 2.75) is 0 Å². The summed E-state index contributed by atoms with van der Waals surface area (Å²) in [6, 6.07) is 18.6. The van der Waals surface area contributed by atoms with Gasteiger partial charge in [0.15, 0.2) is 5.82 Å². The molecular formula is C23H13Cl2N3O2S. The van der Waals surface area contributed by atoms with Crippen molar-refractivity contribution in [2.24, 2.45) is 0 Å². The lowest BCUT2D eigenvalue weighted by atomic mass is 10.2. The normalized spacial score (nSPS) is 12.4. The van der Waals surface area contributed by atoms with Crippen LogP contribution in [0.15, 0.2) is 69.9 Å². The van der Waals surface area contributed by atoms with Crippen LogP contribution in [0.3, 0.4) is 0 Å². The lowest BCUT2D eigenvalue weighted by molar-refractivity contribution is 0.571. The maximum atomic E-state index is 12.7. The summed E-state index contributed by atoms with van der Waals surface area (Å²) >= 11 is 13.5. The zero-order valence-corrected chi connectivity index (χ0v) is 18.2. The summed E-state index contributed by atoms with van der Waals surface area (Å²) in [4.78, 5) is 17.7. The zero-order valence-electron chi connectivity index (χ0n) is 15.8. The van der Waals surface area contributed by atoms with Crippen LogP contribution in [0, 0.1) is 0 Å². The van der Waals surface area contributed by atoms with Gasteiger partial charge in [-0.1, -0.05) is 70.9 Å². The molecule has 0 aliphatic rings. The Hall–Kier alpha value is -3.19. The van der Waals surface area contributed by atoms with Crippen molar-refractivity contribution in [2.75, 3.05) is 0 Å².